The van der Waals surface area contributed by atoms with Crippen molar-refractivity contribution in [3.8, 4) is 0 Å². The first-order chi connectivity index (χ1) is 8.65. The van der Waals surface area contributed by atoms with Crippen LogP contribution in [0.4, 0.5) is 5.69 Å². The molecule has 0 aliphatic heterocycles. The maximum Gasteiger partial charge on any atom is 0.122 e. The molecule has 2 heterocycles. The maximum atomic E-state index is 5.55. The molecular formula is C13H15N3OS. The molecule has 0 spiro atoms. The van der Waals surface area contributed by atoms with E-state index >= 15 is 0 Å². The summed E-state index contributed by atoms with van der Waals surface area (Å²) in [5.41, 5.74) is 7.13. The van der Waals surface area contributed by atoms with E-state index in [4.69, 9.17) is 22.4 Å². The highest BCUT2D eigenvalue weighted by Crippen LogP contribution is 2.12. The number of anilines is 1. The van der Waals surface area contributed by atoms with Crippen LogP contribution in [-0.4, -0.2) is 16.0 Å². The average Bonchev–Trinajstić information content (AvgIpc) is 2.82. The van der Waals surface area contributed by atoms with Crippen LogP contribution in [0.25, 0.3) is 0 Å². The minimum atomic E-state index is 0.248. The van der Waals surface area contributed by atoms with Crippen molar-refractivity contribution in [3.63, 3.8) is 0 Å². The summed E-state index contributed by atoms with van der Waals surface area (Å²) >= 11 is 4.90. The van der Waals surface area contributed by atoms with Crippen LogP contribution in [0, 0.1) is 0 Å². The van der Waals surface area contributed by atoms with Gasteiger partial charge in [-0.25, -0.2) is 0 Å². The summed E-state index contributed by atoms with van der Waals surface area (Å²) in [5, 5.41) is 3.36. The molecule has 4 nitrogen and oxygen atoms in total. The Morgan fingerprint density at radius 1 is 1.56 bits per heavy atom. The Bertz CT molecular complexity index is 525. The Labute approximate surface area is 111 Å². The molecule has 1 atom stereocenters. The van der Waals surface area contributed by atoms with Crippen LogP contribution in [0.1, 0.15) is 18.4 Å². The first-order valence-electron chi connectivity index (χ1n) is 5.70. The van der Waals surface area contributed by atoms with Crippen molar-refractivity contribution in [2.75, 3.05) is 5.32 Å². The van der Waals surface area contributed by atoms with Crippen molar-refractivity contribution in [2.24, 2.45) is 5.73 Å². The van der Waals surface area contributed by atoms with Gasteiger partial charge in [0.25, 0.3) is 0 Å². The minimum absolute atomic E-state index is 0.248. The summed E-state index contributed by atoms with van der Waals surface area (Å²) in [6.45, 7) is 2.09. The van der Waals surface area contributed by atoms with E-state index in [1.807, 2.05) is 24.3 Å². The van der Waals surface area contributed by atoms with Crippen molar-refractivity contribution in [1.29, 1.82) is 0 Å². The summed E-state index contributed by atoms with van der Waals surface area (Å²) in [6.07, 6.45) is 4.19. The molecular weight excluding hydrogens is 246 g/mol. The highest BCUT2D eigenvalue weighted by molar-refractivity contribution is 7.80. The van der Waals surface area contributed by atoms with Crippen molar-refractivity contribution in [3.05, 3.63) is 48.2 Å². The number of furan rings is 1. The zero-order valence-corrected chi connectivity index (χ0v) is 10.9. The van der Waals surface area contributed by atoms with Gasteiger partial charge in [-0.1, -0.05) is 12.2 Å². The van der Waals surface area contributed by atoms with Gasteiger partial charge < -0.3 is 15.5 Å². The molecule has 0 bridgehead atoms. The molecule has 18 heavy (non-hydrogen) atoms. The summed E-state index contributed by atoms with van der Waals surface area (Å²) in [5.74, 6) is 0.957. The Morgan fingerprint density at radius 2 is 2.39 bits per heavy atom. The molecule has 94 valence electrons. The highest BCUT2D eigenvalue weighted by Gasteiger charge is 2.06. The van der Waals surface area contributed by atoms with E-state index in [0.29, 0.717) is 10.7 Å². The van der Waals surface area contributed by atoms with Crippen molar-refractivity contribution in [2.45, 2.75) is 19.4 Å². The fourth-order valence-corrected chi connectivity index (χ4v) is 1.83. The Hall–Kier alpha value is -1.88. The van der Waals surface area contributed by atoms with Gasteiger partial charge in [-0.3, -0.25) is 4.98 Å². The fraction of sp³-hybridized carbons (Fsp3) is 0.231. The molecule has 0 fully saturated rings. The molecule has 0 amide bonds. The number of aromatic nitrogens is 1. The number of hydrogen-bond donors (Lipinski definition) is 2. The van der Waals surface area contributed by atoms with Gasteiger partial charge in [0.2, 0.25) is 0 Å². The number of rotatable bonds is 5. The minimum Gasteiger partial charge on any atom is -0.469 e. The second-order valence-electron chi connectivity index (χ2n) is 4.12. The summed E-state index contributed by atoms with van der Waals surface area (Å²) < 4.78 is 5.31. The van der Waals surface area contributed by atoms with Gasteiger partial charge in [-0.15, -0.1) is 0 Å². The second kappa shape index (κ2) is 5.64. The lowest BCUT2D eigenvalue weighted by Crippen LogP contribution is -2.19. The third kappa shape index (κ3) is 3.30. The third-order valence-electron chi connectivity index (χ3n) is 2.51. The normalized spacial score (nSPS) is 12.1. The zero-order valence-electron chi connectivity index (χ0n) is 10.1. The molecule has 0 saturated carbocycles. The first-order valence-corrected chi connectivity index (χ1v) is 6.11. The summed E-state index contributed by atoms with van der Waals surface area (Å²) in [7, 11) is 0. The Balaban J connectivity index is 2.00. The van der Waals surface area contributed by atoms with Gasteiger partial charge in [0.1, 0.15) is 10.7 Å². The smallest absolute Gasteiger partial charge is 0.122 e. The number of nitrogens with zero attached hydrogens (tertiary/aromatic N) is 1. The standard InChI is InChI=1S/C13H15N3OS/c1-9(7-11-3-2-6-17-11)16-10-4-5-15-12(8-10)13(14)18/h2-6,8-9H,7H2,1H3,(H2,14,18)(H,15,16). The van der Waals surface area contributed by atoms with E-state index < -0.39 is 0 Å². The van der Waals surface area contributed by atoms with Gasteiger partial charge in [0, 0.05) is 24.3 Å². The molecule has 0 radical (unpaired) electrons. The molecule has 0 aliphatic carbocycles. The first kappa shape index (κ1) is 12.6. The molecule has 2 aromatic heterocycles. The van der Waals surface area contributed by atoms with Crippen LogP contribution >= 0.6 is 12.2 Å². The van der Waals surface area contributed by atoms with Gasteiger partial charge >= 0.3 is 0 Å². The molecule has 2 rings (SSSR count). The summed E-state index contributed by atoms with van der Waals surface area (Å²) in [4.78, 5) is 4.40. The molecule has 0 saturated heterocycles. The SMILES string of the molecule is CC(Cc1ccco1)Nc1ccnc(C(N)=S)c1. The molecule has 0 aromatic carbocycles. The molecule has 2 aromatic rings. The molecule has 1 unspecified atom stereocenters. The quantitative estimate of drug-likeness (QED) is 0.809. The van der Waals surface area contributed by atoms with E-state index in [1.165, 1.54) is 0 Å². The summed E-state index contributed by atoms with van der Waals surface area (Å²) in [6, 6.07) is 7.84. The lowest BCUT2D eigenvalue weighted by molar-refractivity contribution is 0.498. The average molecular weight is 261 g/mol. The van der Waals surface area contributed by atoms with E-state index in [2.05, 4.69) is 17.2 Å². The van der Waals surface area contributed by atoms with Crippen LogP contribution in [0.5, 0.6) is 0 Å². The lowest BCUT2D eigenvalue weighted by Gasteiger charge is -2.14. The largest absolute Gasteiger partial charge is 0.469 e. The van der Waals surface area contributed by atoms with E-state index in [0.717, 1.165) is 17.9 Å². The monoisotopic (exact) mass is 261 g/mol. The molecule has 3 N–H and O–H groups in total. The van der Waals surface area contributed by atoms with Gasteiger partial charge in [0.15, 0.2) is 0 Å². The predicted molar refractivity (Wildman–Crippen MR) is 75.6 cm³/mol. The van der Waals surface area contributed by atoms with E-state index in [9.17, 15) is 0 Å². The maximum absolute atomic E-state index is 5.55. The number of hydrogen-bond acceptors (Lipinski definition) is 4. The van der Waals surface area contributed by atoms with Crippen molar-refractivity contribution in [1.82, 2.24) is 4.98 Å². The number of nitrogens with two attached hydrogens (primary N) is 1. The highest BCUT2D eigenvalue weighted by atomic mass is 32.1. The van der Waals surface area contributed by atoms with Crippen molar-refractivity contribution >= 4 is 22.9 Å². The zero-order chi connectivity index (χ0) is 13.0. The number of pyridine rings is 1. The van der Waals surface area contributed by atoms with Crippen molar-refractivity contribution < 1.29 is 4.42 Å². The Kier molecular flexibility index (Phi) is 3.94. The molecule has 5 heteroatoms. The van der Waals surface area contributed by atoms with Gasteiger partial charge in [-0.05, 0) is 31.2 Å². The van der Waals surface area contributed by atoms with Crippen LogP contribution in [0.15, 0.2) is 41.1 Å². The second-order valence-corrected chi connectivity index (χ2v) is 4.56. The topological polar surface area (TPSA) is 64.1 Å². The predicted octanol–water partition coefficient (Wildman–Crippen LogP) is 2.35. The number of thiocarbonyl (C=S) groups is 1. The van der Waals surface area contributed by atoms with E-state index in [-0.39, 0.29) is 6.04 Å². The van der Waals surface area contributed by atoms with Crippen LogP contribution in [-0.2, 0) is 6.42 Å². The van der Waals surface area contributed by atoms with Gasteiger partial charge in [-0.2, -0.15) is 0 Å². The third-order valence-corrected chi connectivity index (χ3v) is 2.72. The van der Waals surface area contributed by atoms with E-state index in [1.54, 1.807) is 12.5 Å². The van der Waals surface area contributed by atoms with Crippen LogP contribution < -0.4 is 11.1 Å². The van der Waals surface area contributed by atoms with Crippen LogP contribution in [0.3, 0.4) is 0 Å². The number of nitrogens with one attached hydrogen (secondary N) is 1. The van der Waals surface area contributed by atoms with Gasteiger partial charge in [0.05, 0.1) is 12.0 Å². The fourth-order valence-electron chi connectivity index (χ4n) is 1.72. The lowest BCUT2D eigenvalue weighted by atomic mass is 10.2. The Morgan fingerprint density at radius 3 is 3.06 bits per heavy atom. The molecule has 0 aliphatic rings. The van der Waals surface area contributed by atoms with Crippen LogP contribution in [0.2, 0.25) is 0 Å².